The number of hydrogen-bond donors (Lipinski definition) is 1. The Balaban J connectivity index is 1.80. The van der Waals surface area contributed by atoms with Crippen LogP contribution in [0, 0.1) is 0 Å². The smallest absolute Gasteiger partial charge is 0.163 e. The number of para-hydroxylation sites is 1. The maximum absolute atomic E-state index is 6.37. The van der Waals surface area contributed by atoms with E-state index in [0.29, 0.717) is 21.9 Å². The van der Waals surface area contributed by atoms with Crippen LogP contribution in [-0.4, -0.2) is 16.0 Å². The molecule has 1 saturated carbocycles. The molecule has 0 bridgehead atoms. The van der Waals surface area contributed by atoms with Crippen LogP contribution in [-0.2, 0) is 0 Å². The van der Waals surface area contributed by atoms with Crippen molar-refractivity contribution in [2.75, 3.05) is 5.32 Å². The van der Waals surface area contributed by atoms with Gasteiger partial charge in [-0.3, -0.25) is 0 Å². The van der Waals surface area contributed by atoms with Crippen LogP contribution in [0.2, 0.25) is 10.0 Å². The van der Waals surface area contributed by atoms with Gasteiger partial charge in [0, 0.05) is 22.0 Å². The van der Waals surface area contributed by atoms with E-state index < -0.39 is 0 Å². The first-order valence-corrected chi connectivity index (χ1v) is 9.45. The van der Waals surface area contributed by atoms with E-state index in [9.17, 15) is 0 Å². The molecular formula is C20H19Cl2N3. The van der Waals surface area contributed by atoms with Gasteiger partial charge in [-0.15, -0.1) is 0 Å². The predicted molar refractivity (Wildman–Crippen MR) is 105 cm³/mol. The van der Waals surface area contributed by atoms with E-state index in [2.05, 4.69) is 11.4 Å². The Labute approximate surface area is 157 Å². The Bertz CT molecular complexity index is 905. The zero-order valence-corrected chi connectivity index (χ0v) is 15.3. The largest absolute Gasteiger partial charge is 0.367 e. The average molecular weight is 372 g/mol. The SMILES string of the molecule is Clc1ccc(-c2nc(NC3CCCCC3)c3ccccc3n2)c(Cl)c1. The predicted octanol–water partition coefficient (Wildman–Crippen LogP) is 6.35. The third-order valence-corrected chi connectivity index (χ3v) is 5.27. The van der Waals surface area contributed by atoms with Crippen molar-refractivity contribution in [1.82, 2.24) is 9.97 Å². The highest BCUT2D eigenvalue weighted by molar-refractivity contribution is 6.36. The summed E-state index contributed by atoms with van der Waals surface area (Å²) < 4.78 is 0. The third-order valence-electron chi connectivity index (χ3n) is 4.72. The second-order valence-electron chi connectivity index (χ2n) is 6.52. The van der Waals surface area contributed by atoms with Gasteiger partial charge in [-0.1, -0.05) is 54.6 Å². The van der Waals surface area contributed by atoms with Crippen LogP contribution in [0.15, 0.2) is 42.5 Å². The van der Waals surface area contributed by atoms with Crippen LogP contribution in [0.4, 0.5) is 5.82 Å². The molecule has 0 amide bonds. The van der Waals surface area contributed by atoms with Crippen molar-refractivity contribution in [1.29, 1.82) is 0 Å². The minimum Gasteiger partial charge on any atom is -0.367 e. The molecule has 4 rings (SSSR count). The number of nitrogens with one attached hydrogen (secondary N) is 1. The van der Waals surface area contributed by atoms with Crippen molar-refractivity contribution in [2.45, 2.75) is 38.1 Å². The summed E-state index contributed by atoms with van der Waals surface area (Å²) in [4.78, 5) is 9.52. The molecule has 1 fully saturated rings. The van der Waals surface area contributed by atoms with E-state index in [1.165, 1.54) is 32.1 Å². The third kappa shape index (κ3) is 3.58. The lowest BCUT2D eigenvalue weighted by Gasteiger charge is -2.24. The summed E-state index contributed by atoms with van der Waals surface area (Å²) in [5.74, 6) is 1.51. The number of nitrogens with zero attached hydrogens (tertiary/aromatic N) is 2. The lowest BCUT2D eigenvalue weighted by molar-refractivity contribution is 0.462. The number of rotatable bonds is 3. The average Bonchev–Trinajstić information content (AvgIpc) is 2.62. The summed E-state index contributed by atoms with van der Waals surface area (Å²) in [5, 5.41) is 5.86. The maximum atomic E-state index is 6.37. The minimum atomic E-state index is 0.473. The van der Waals surface area contributed by atoms with E-state index in [0.717, 1.165) is 22.3 Å². The highest BCUT2D eigenvalue weighted by Gasteiger charge is 2.17. The highest BCUT2D eigenvalue weighted by atomic mass is 35.5. The molecule has 0 atom stereocenters. The van der Waals surface area contributed by atoms with Crippen LogP contribution in [0.3, 0.4) is 0 Å². The summed E-state index contributed by atoms with van der Waals surface area (Å²) in [7, 11) is 0. The van der Waals surface area contributed by atoms with E-state index >= 15 is 0 Å². The highest BCUT2D eigenvalue weighted by Crippen LogP contribution is 2.32. The molecule has 1 N–H and O–H groups in total. The second kappa shape index (κ2) is 7.19. The normalized spacial score (nSPS) is 15.4. The Morgan fingerprint density at radius 1 is 0.920 bits per heavy atom. The number of aromatic nitrogens is 2. The molecule has 0 radical (unpaired) electrons. The summed E-state index contributed by atoms with van der Waals surface area (Å²) in [6.07, 6.45) is 6.26. The Morgan fingerprint density at radius 2 is 1.72 bits per heavy atom. The van der Waals surface area contributed by atoms with Crippen molar-refractivity contribution in [3.05, 3.63) is 52.5 Å². The van der Waals surface area contributed by atoms with Gasteiger partial charge >= 0.3 is 0 Å². The molecule has 0 spiro atoms. The van der Waals surface area contributed by atoms with Gasteiger partial charge in [-0.2, -0.15) is 0 Å². The maximum Gasteiger partial charge on any atom is 0.163 e. The summed E-state index contributed by atoms with van der Waals surface area (Å²) >= 11 is 12.4. The van der Waals surface area contributed by atoms with E-state index in [1.807, 2.05) is 30.3 Å². The van der Waals surface area contributed by atoms with E-state index in [1.54, 1.807) is 6.07 Å². The van der Waals surface area contributed by atoms with Gasteiger partial charge in [0.25, 0.3) is 0 Å². The van der Waals surface area contributed by atoms with Crippen molar-refractivity contribution < 1.29 is 0 Å². The molecule has 3 nitrogen and oxygen atoms in total. The molecule has 0 unspecified atom stereocenters. The van der Waals surface area contributed by atoms with Crippen molar-refractivity contribution in [3.63, 3.8) is 0 Å². The molecule has 25 heavy (non-hydrogen) atoms. The number of anilines is 1. The Hall–Kier alpha value is -1.84. The molecule has 0 aliphatic heterocycles. The minimum absolute atomic E-state index is 0.473. The molecule has 0 saturated heterocycles. The first kappa shape index (κ1) is 16.6. The molecule has 1 aliphatic rings. The zero-order valence-electron chi connectivity index (χ0n) is 13.8. The Kier molecular flexibility index (Phi) is 4.78. The molecule has 5 heteroatoms. The second-order valence-corrected chi connectivity index (χ2v) is 7.36. The number of fused-ring (bicyclic) bond motifs is 1. The van der Waals surface area contributed by atoms with E-state index in [-0.39, 0.29) is 0 Å². The molecule has 3 aromatic rings. The fourth-order valence-electron chi connectivity index (χ4n) is 3.42. The van der Waals surface area contributed by atoms with Crippen LogP contribution < -0.4 is 5.32 Å². The monoisotopic (exact) mass is 371 g/mol. The molecule has 1 aromatic heterocycles. The van der Waals surface area contributed by atoms with Gasteiger partial charge in [-0.05, 0) is 43.2 Å². The zero-order chi connectivity index (χ0) is 17.2. The molecule has 128 valence electrons. The standard InChI is InChI=1S/C20H19Cl2N3/c21-13-10-11-15(17(22)12-13)19-24-18-9-5-4-8-16(18)20(25-19)23-14-6-2-1-3-7-14/h4-5,8-12,14H,1-3,6-7H2,(H,23,24,25). The number of halogens is 2. The number of hydrogen-bond acceptors (Lipinski definition) is 3. The van der Waals surface area contributed by atoms with Gasteiger partial charge in [-0.25, -0.2) is 9.97 Å². The fourth-order valence-corrected chi connectivity index (χ4v) is 3.91. The lowest BCUT2D eigenvalue weighted by Crippen LogP contribution is -2.23. The molecule has 1 heterocycles. The van der Waals surface area contributed by atoms with Gasteiger partial charge in [0.1, 0.15) is 5.82 Å². The summed E-state index contributed by atoms with van der Waals surface area (Å²) in [6, 6.07) is 14.0. The van der Waals surface area contributed by atoms with Gasteiger partial charge in [0.2, 0.25) is 0 Å². The van der Waals surface area contributed by atoms with Crippen molar-refractivity contribution >= 4 is 39.9 Å². The topological polar surface area (TPSA) is 37.8 Å². The Morgan fingerprint density at radius 3 is 2.52 bits per heavy atom. The van der Waals surface area contributed by atoms with Crippen LogP contribution in [0.25, 0.3) is 22.3 Å². The van der Waals surface area contributed by atoms with Gasteiger partial charge in [0.15, 0.2) is 5.82 Å². The van der Waals surface area contributed by atoms with Crippen molar-refractivity contribution in [2.24, 2.45) is 0 Å². The summed E-state index contributed by atoms with van der Waals surface area (Å²) in [6.45, 7) is 0. The fraction of sp³-hybridized carbons (Fsp3) is 0.300. The first-order chi connectivity index (χ1) is 12.2. The molecule has 2 aromatic carbocycles. The lowest BCUT2D eigenvalue weighted by atomic mass is 9.95. The molecular weight excluding hydrogens is 353 g/mol. The molecule has 1 aliphatic carbocycles. The van der Waals surface area contributed by atoms with Crippen LogP contribution >= 0.6 is 23.2 Å². The number of benzene rings is 2. The van der Waals surface area contributed by atoms with E-state index in [4.69, 9.17) is 33.2 Å². The van der Waals surface area contributed by atoms with Gasteiger partial charge in [0.05, 0.1) is 10.5 Å². The quantitative estimate of drug-likeness (QED) is 0.582. The van der Waals surface area contributed by atoms with Gasteiger partial charge < -0.3 is 5.32 Å². The van der Waals surface area contributed by atoms with Crippen LogP contribution in [0.1, 0.15) is 32.1 Å². The summed E-state index contributed by atoms with van der Waals surface area (Å²) in [5.41, 5.74) is 1.71. The van der Waals surface area contributed by atoms with Crippen molar-refractivity contribution in [3.8, 4) is 11.4 Å². The van der Waals surface area contributed by atoms with Crippen LogP contribution in [0.5, 0.6) is 0 Å². The first-order valence-electron chi connectivity index (χ1n) is 8.69.